The average molecular weight is 439 g/mol. The maximum Gasteiger partial charge on any atom is 0.150 e. The molecule has 4 rings (SSSR count). The van der Waals surface area contributed by atoms with Crippen LogP contribution in [-0.2, 0) is 16.4 Å². The summed E-state index contributed by atoms with van der Waals surface area (Å²) in [6.45, 7) is 0.358. The first-order valence-corrected chi connectivity index (χ1v) is 11.7. The summed E-state index contributed by atoms with van der Waals surface area (Å²) in [6, 6.07) is 16.0. The van der Waals surface area contributed by atoms with Gasteiger partial charge < -0.3 is 11.5 Å². The SMILES string of the molecule is NC(=NCc1ccccc1)c1ccc(-c2cc(C3CCS(=O)(=O)C3)cnc2N)cc1F. The summed E-state index contributed by atoms with van der Waals surface area (Å²) in [5, 5.41) is 0. The molecule has 0 spiro atoms. The monoisotopic (exact) mass is 438 g/mol. The van der Waals surface area contributed by atoms with Gasteiger partial charge in [0.2, 0.25) is 0 Å². The third-order valence-corrected chi connectivity index (χ3v) is 7.24. The first-order valence-electron chi connectivity index (χ1n) is 9.92. The number of nitrogens with two attached hydrogens (primary N) is 2. The Morgan fingerprint density at radius 3 is 2.61 bits per heavy atom. The van der Waals surface area contributed by atoms with E-state index >= 15 is 0 Å². The minimum absolute atomic E-state index is 0.0970. The fourth-order valence-electron chi connectivity index (χ4n) is 3.74. The molecule has 0 saturated carbocycles. The van der Waals surface area contributed by atoms with Crippen molar-refractivity contribution in [2.45, 2.75) is 18.9 Å². The molecule has 1 unspecified atom stereocenters. The number of amidine groups is 1. The molecule has 3 aromatic rings. The molecule has 8 heteroatoms. The summed E-state index contributed by atoms with van der Waals surface area (Å²) in [5.41, 5.74) is 15.1. The maximum atomic E-state index is 14.8. The van der Waals surface area contributed by atoms with Crippen LogP contribution in [0.2, 0.25) is 0 Å². The minimum Gasteiger partial charge on any atom is -0.383 e. The normalized spacial score (nSPS) is 18.2. The van der Waals surface area contributed by atoms with Crippen LogP contribution >= 0.6 is 0 Å². The molecule has 1 atom stereocenters. The Morgan fingerprint density at radius 1 is 1.16 bits per heavy atom. The van der Waals surface area contributed by atoms with Gasteiger partial charge in [0.25, 0.3) is 0 Å². The molecule has 1 fully saturated rings. The van der Waals surface area contributed by atoms with Crippen molar-refractivity contribution in [1.29, 1.82) is 0 Å². The van der Waals surface area contributed by atoms with Gasteiger partial charge in [-0.2, -0.15) is 0 Å². The highest BCUT2D eigenvalue weighted by Gasteiger charge is 2.29. The van der Waals surface area contributed by atoms with Gasteiger partial charge in [-0.3, -0.25) is 4.99 Å². The Balaban J connectivity index is 1.60. The zero-order chi connectivity index (χ0) is 22.0. The van der Waals surface area contributed by atoms with Crippen molar-refractivity contribution in [3.63, 3.8) is 0 Å². The Labute approximate surface area is 180 Å². The van der Waals surface area contributed by atoms with Gasteiger partial charge in [-0.05, 0) is 41.3 Å². The highest BCUT2D eigenvalue weighted by molar-refractivity contribution is 7.91. The zero-order valence-electron chi connectivity index (χ0n) is 16.8. The van der Waals surface area contributed by atoms with Crippen molar-refractivity contribution in [2.24, 2.45) is 10.7 Å². The van der Waals surface area contributed by atoms with Gasteiger partial charge >= 0.3 is 0 Å². The van der Waals surface area contributed by atoms with Crippen LogP contribution < -0.4 is 11.5 Å². The van der Waals surface area contributed by atoms with Gasteiger partial charge in [-0.25, -0.2) is 17.8 Å². The van der Waals surface area contributed by atoms with E-state index in [4.69, 9.17) is 11.5 Å². The third kappa shape index (κ3) is 4.74. The second-order valence-electron chi connectivity index (χ2n) is 7.68. The number of benzene rings is 2. The number of nitrogens with zero attached hydrogens (tertiary/aromatic N) is 2. The number of halogens is 1. The molecule has 31 heavy (non-hydrogen) atoms. The van der Waals surface area contributed by atoms with E-state index in [1.165, 1.54) is 6.07 Å². The molecule has 6 nitrogen and oxygen atoms in total. The number of pyridine rings is 1. The van der Waals surface area contributed by atoms with E-state index in [2.05, 4.69) is 9.98 Å². The molecule has 0 aliphatic carbocycles. The van der Waals surface area contributed by atoms with Crippen LogP contribution in [0.4, 0.5) is 10.2 Å². The third-order valence-electron chi connectivity index (χ3n) is 5.47. The Kier molecular flexibility index (Phi) is 5.73. The predicted molar refractivity (Wildman–Crippen MR) is 121 cm³/mol. The molecule has 1 aliphatic heterocycles. The van der Waals surface area contributed by atoms with E-state index in [1.54, 1.807) is 24.4 Å². The number of sulfone groups is 1. The first-order chi connectivity index (χ1) is 14.8. The van der Waals surface area contributed by atoms with E-state index in [1.807, 2.05) is 30.3 Å². The van der Waals surface area contributed by atoms with Gasteiger partial charge in [0.1, 0.15) is 17.5 Å². The van der Waals surface area contributed by atoms with Crippen molar-refractivity contribution >= 4 is 21.5 Å². The molecular formula is C23H23FN4O2S. The van der Waals surface area contributed by atoms with Gasteiger partial charge in [0.05, 0.1) is 23.6 Å². The molecule has 1 aliphatic rings. The van der Waals surface area contributed by atoms with E-state index < -0.39 is 15.7 Å². The lowest BCUT2D eigenvalue weighted by molar-refractivity contribution is 0.601. The molecule has 1 aromatic heterocycles. The van der Waals surface area contributed by atoms with Crippen molar-refractivity contribution in [3.8, 4) is 11.1 Å². The zero-order valence-corrected chi connectivity index (χ0v) is 17.6. The van der Waals surface area contributed by atoms with Crippen LogP contribution in [0.1, 0.15) is 29.0 Å². The second-order valence-corrected chi connectivity index (χ2v) is 9.91. The fraction of sp³-hybridized carbons (Fsp3) is 0.217. The Bertz CT molecular complexity index is 1240. The molecule has 2 heterocycles. The maximum absolute atomic E-state index is 14.8. The smallest absolute Gasteiger partial charge is 0.150 e. The molecule has 0 bridgehead atoms. The van der Waals surface area contributed by atoms with Crippen molar-refractivity contribution in [1.82, 2.24) is 4.98 Å². The first kappa shape index (κ1) is 21.0. The standard InChI is InChI=1S/C23H23FN4O2S/c24-21-11-16(6-7-19(21)22(25)27-12-15-4-2-1-3-5-15)20-10-18(13-28-23(20)26)17-8-9-31(29,30)14-17/h1-7,10-11,13,17H,8-9,12,14H2,(H2,25,27)(H2,26,28). The summed E-state index contributed by atoms with van der Waals surface area (Å²) >= 11 is 0. The summed E-state index contributed by atoms with van der Waals surface area (Å²) < 4.78 is 38.5. The fourth-order valence-corrected chi connectivity index (χ4v) is 5.52. The summed E-state index contributed by atoms with van der Waals surface area (Å²) in [5.74, 6) is -0.00429. The van der Waals surface area contributed by atoms with Crippen LogP contribution in [-0.4, -0.2) is 30.7 Å². The summed E-state index contributed by atoms with van der Waals surface area (Å²) in [7, 11) is -3.02. The Morgan fingerprint density at radius 2 is 1.94 bits per heavy atom. The van der Waals surface area contributed by atoms with Crippen LogP contribution in [0.5, 0.6) is 0 Å². The lowest BCUT2D eigenvalue weighted by Gasteiger charge is -2.13. The van der Waals surface area contributed by atoms with E-state index in [-0.39, 0.29) is 34.6 Å². The van der Waals surface area contributed by atoms with Gasteiger partial charge in [-0.1, -0.05) is 36.4 Å². The van der Waals surface area contributed by atoms with Crippen LogP contribution in [0, 0.1) is 5.82 Å². The number of hydrogen-bond donors (Lipinski definition) is 2. The van der Waals surface area contributed by atoms with E-state index in [9.17, 15) is 12.8 Å². The van der Waals surface area contributed by atoms with Crippen molar-refractivity contribution < 1.29 is 12.8 Å². The van der Waals surface area contributed by atoms with Gasteiger partial charge in [-0.15, -0.1) is 0 Å². The van der Waals surface area contributed by atoms with Crippen LogP contribution in [0.15, 0.2) is 65.8 Å². The molecule has 1 saturated heterocycles. The van der Waals surface area contributed by atoms with Crippen molar-refractivity contribution in [3.05, 3.63) is 83.3 Å². The molecule has 0 amide bonds. The molecule has 2 aromatic carbocycles. The van der Waals surface area contributed by atoms with E-state index in [0.717, 1.165) is 11.1 Å². The van der Waals surface area contributed by atoms with E-state index in [0.29, 0.717) is 24.1 Å². The number of rotatable bonds is 5. The number of nitrogen functional groups attached to an aromatic ring is 1. The minimum atomic E-state index is -3.02. The largest absolute Gasteiger partial charge is 0.383 e. The Hall–Kier alpha value is -3.26. The number of hydrogen-bond acceptors (Lipinski definition) is 5. The number of anilines is 1. The molecule has 160 valence electrons. The van der Waals surface area contributed by atoms with Gasteiger partial charge in [0, 0.05) is 17.7 Å². The predicted octanol–water partition coefficient (Wildman–Crippen LogP) is 3.28. The van der Waals surface area contributed by atoms with Crippen molar-refractivity contribution in [2.75, 3.05) is 17.2 Å². The lowest BCUT2D eigenvalue weighted by atomic mass is 9.96. The average Bonchev–Trinajstić information content (AvgIpc) is 3.12. The highest BCUT2D eigenvalue weighted by Crippen LogP contribution is 2.33. The van der Waals surface area contributed by atoms with Crippen LogP contribution in [0.25, 0.3) is 11.1 Å². The lowest BCUT2D eigenvalue weighted by Crippen LogP contribution is -2.15. The topological polar surface area (TPSA) is 111 Å². The van der Waals surface area contributed by atoms with Gasteiger partial charge in [0.15, 0.2) is 9.84 Å². The number of aliphatic imine (C=N–C) groups is 1. The summed E-state index contributed by atoms with van der Waals surface area (Å²) in [6.07, 6.45) is 2.15. The molecule has 4 N–H and O–H groups in total. The quantitative estimate of drug-likeness (QED) is 0.469. The highest BCUT2D eigenvalue weighted by atomic mass is 32.2. The summed E-state index contributed by atoms with van der Waals surface area (Å²) in [4.78, 5) is 8.50. The van der Waals surface area contributed by atoms with Crippen LogP contribution in [0.3, 0.4) is 0 Å². The second kappa shape index (κ2) is 8.47. The molecule has 0 radical (unpaired) electrons. The molecular weight excluding hydrogens is 415 g/mol. The number of aromatic nitrogens is 1.